The molecule has 0 spiro atoms. The van der Waals surface area contributed by atoms with Crippen LogP contribution in [0.15, 0.2) is 18.2 Å². The number of carbonyl (C=O) groups is 2. The van der Waals surface area contributed by atoms with E-state index in [2.05, 4.69) is 5.32 Å². The van der Waals surface area contributed by atoms with Crippen LogP contribution >= 0.6 is 0 Å². The van der Waals surface area contributed by atoms with Crippen molar-refractivity contribution in [1.82, 2.24) is 5.32 Å². The topological polar surface area (TPSA) is 97.6 Å². The molecule has 0 aliphatic carbocycles. The molecule has 0 heterocycles. The molecule has 0 saturated carbocycles. The molecule has 1 rings (SSSR count). The second-order valence-electron chi connectivity index (χ2n) is 4.50. The van der Waals surface area contributed by atoms with Crippen LogP contribution in [0.25, 0.3) is 0 Å². The molecule has 0 unspecified atom stereocenters. The standard InChI is InChI=1S/C16H20N2O5/c1-3-22-10-13-9-12(5-6-14(13)21-2)16(20)23-11-15(19)18-8-4-7-17/h5-6,9H,3-4,8,10-11H2,1-2H3,(H,18,19). The zero-order chi connectivity index (χ0) is 17.1. The van der Waals surface area contributed by atoms with Crippen LogP contribution in [0.1, 0.15) is 29.3 Å². The minimum Gasteiger partial charge on any atom is -0.496 e. The van der Waals surface area contributed by atoms with Gasteiger partial charge in [-0.2, -0.15) is 5.26 Å². The van der Waals surface area contributed by atoms with Crippen LogP contribution < -0.4 is 10.1 Å². The Morgan fingerprint density at radius 3 is 2.78 bits per heavy atom. The molecule has 1 aromatic carbocycles. The van der Waals surface area contributed by atoms with Crippen molar-refractivity contribution in [3.63, 3.8) is 0 Å². The molecule has 0 atom stereocenters. The van der Waals surface area contributed by atoms with Gasteiger partial charge in [0.15, 0.2) is 6.61 Å². The largest absolute Gasteiger partial charge is 0.496 e. The van der Waals surface area contributed by atoms with Gasteiger partial charge in [0.2, 0.25) is 0 Å². The minimum atomic E-state index is -0.610. The lowest BCUT2D eigenvalue weighted by atomic mass is 10.1. The van der Waals surface area contributed by atoms with E-state index in [-0.39, 0.29) is 13.0 Å². The fraction of sp³-hybridized carbons (Fsp3) is 0.438. The number of nitriles is 1. The molecular weight excluding hydrogens is 300 g/mol. The molecule has 0 aromatic heterocycles. The summed E-state index contributed by atoms with van der Waals surface area (Å²) in [4.78, 5) is 23.4. The summed E-state index contributed by atoms with van der Waals surface area (Å²) in [7, 11) is 1.54. The molecule has 0 aliphatic heterocycles. The number of hydrogen-bond acceptors (Lipinski definition) is 6. The lowest BCUT2D eigenvalue weighted by Crippen LogP contribution is -2.29. The van der Waals surface area contributed by atoms with Crippen LogP contribution in [0.3, 0.4) is 0 Å². The van der Waals surface area contributed by atoms with Crippen LogP contribution in [0.2, 0.25) is 0 Å². The smallest absolute Gasteiger partial charge is 0.338 e. The minimum absolute atomic E-state index is 0.207. The summed E-state index contributed by atoms with van der Waals surface area (Å²) in [5, 5.41) is 10.8. The van der Waals surface area contributed by atoms with Gasteiger partial charge >= 0.3 is 5.97 Å². The van der Waals surface area contributed by atoms with Crippen molar-refractivity contribution in [3.05, 3.63) is 29.3 Å². The number of nitrogens with zero attached hydrogens (tertiary/aromatic N) is 1. The maximum absolute atomic E-state index is 12.0. The van der Waals surface area contributed by atoms with E-state index >= 15 is 0 Å². The predicted molar refractivity (Wildman–Crippen MR) is 81.8 cm³/mol. The summed E-state index contributed by atoms with van der Waals surface area (Å²) in [5.41, 5.74) is 1.03. The highest BCUT2D eigenvalue weighted by molar-refractivity contribution is 5.91. The quantitative estimate of drug-likeness (QED) is 0.546. The summed E-state index contributed by atoms with van der Waals surface area (Å²) >= 11 is 0. The van der Waals surface area contributed by atoms with E-state index < -0.39 is 18.5 Å². The molecule has 1 aromatic rings. The van der Waals surface area contributed by atoms with Crippen LogP contribution in [0.5, 0.6) is 5.75 Å². The molecule has 7 nitrogen and oxygen atoms in total. The van der Waals surface area contributed by atoms with Gasteiger partial charge in [-0.1, -0.05) is 0 Å². The Morgan fingerprint density at radius 1 is 1.35 bits per heavy atom. The third-order valence-corrected chi connectivity index (χ3v) is 2.87. The molecule has 0 bridgehead atoms. The Bertz CT molecular complexity index is 580. The van der Waals surface area contributed by atoms with Crippen molar-refractivity contribution in [2.75, 3.05) is 26.9 Å². The maximum atomic E-state index is 12.0. The lowest BCUT2D eigenvalue weighted by molar-refractivity contribution is -0.124. The van der Waals surface area contributed by atoms with Crippen LogP contribution in [-0.4, -0.2) is 38.7 Å². The third kappa shape index (κ3) is 6.36. The van der Waals surface area contributed by atoms with Crippen molar-refractivity contribution in [2.24, 2.45) is 0 Å². The van der Waals surface area contributed by atoms with Gasteiger partial charge in [0.25, 0.3) is 5.91 Å². The molecule has 7 heteroatoms. The number of rotatable bonds is 9. The van der Waals surface area contributed by atoms with Crippen LogP contribution in [0, 0.1) is 11.3 Å². The second kappa shape index (κ2) is 10.2. The van der Waals surface area contributed by atoms with Crippen molar-refractivity contribution >= 4 is 11.9 Å². The highest BCUT2D eigenvalue weighted by atomic mass is 16.5. The van der Waals surface area contributed by atoms with E-state index in [0.717, 1.165) is 5.56 Å². The van der Waals surface area contributed by atoms with Crippen molar-refractivity contribution < 1.29 is 23.8 Å². The highest BCUT2D eigenvalue weighted by Gasteiger charge is 2.13. The van der Waals surface area contributed by atoms with E-state index in [4.69, 9.17) is 19.5 Å². The molecule has 0 fully saturated rings. The average Bonchev–Trinajstić information content (AvgIpc) is 2.57. The van der Waals surface area contributed by atoms with E-state index in [0.29, 0.717) is 24.5 Å². The summed E-state index contributed by atoms with van der Waals surface area (Å²) < 4.78 is 15.5. The van der Waals surface area contributed by atoms with Gasteiger partial charge in [-0.25, -0.2) is 4.79 Å². The zero-order valence-corrected chi connectivity index (χ0v) is 13.3. The fourth-order valence-electron chi connectivity index (χ4n) is 1.75. The maximum Gasteiger partial charge on any atom is 0.338 e. The van der Waals surface area contributed by atoms with Crippen molar-refractivity contribution in [3.8, 4) is 11.8 Å². The Morgan fingerprint density at radius 2 is 2.13 bits per heavy atom. The lowest BCUT2D eigenvalue weighted by Gasteiger charge is -2.11. The number of amides is 1. The molecule has 0 aliphatic rings. The Balaban J connectivity index is 2.62. The number of benzene rings is 1. The van der Waals surface area contributed by atoms with Gasteiger partial charge in [0, 0.05) is 18.7 Å². The Kier molecular flexibility index (Phi) is 8.18. The third-order valence-electron chi connectivity index (χ3n) is 2.87. The number of methoxy groups -OCH3 is 1. The number of hydrogen-bond donors (Lipinski definition) is 1. The van der Waals surface area contributed by atoms with Gasteiger partial charge in [0.05, 0.1) is 31.8 Å². The van der Waals surface area contributed by atoms with Crippen LogP contribution in [0.4, 0.5) is 0 Å². The van der Waals surface area contributed by atoms with Gasteiger partial charge in [-0.15, -0.1) is 0 Å². The number of carbonyl (C=O) groups excluding carboxylic acids is 2. The Hall–Kier alpha value is -2.59. The monoisotopic (exact) mass is 320 g/mol. The fourth-order valence-corrected chi connectivity index (χ4v) is 1.75. The molecule has 23 heavy (non-hydrogen) atoms. The van der Waals surface area contributed by atoms with Crippen LogP contribution in [-0.2, 0) is 20.9 Å². The molecular formula is C16H20N2O5. The van der Waals surface area contributed by atoms with E-state index in [1.807, 2.05) is 13.0 Å². The van der Waals surface area contributed by atoms with Crippen molar-refractivity contribution in [2.45, 2.75) is 20.0 Å². The van der Waals surface area contributed by atoms with E-state index in [1.165, 1.54) is 7.11 Å². The first kappa shape index (κ1) is 18.5. The van der Waals surface area contributed by atoms with Gasteiger partial charge in [-0.05, 0) is 25.1 Å². The molecule has 1 N–H and O–H groups in total. The summed E-state index contributed by atoms with van der Waals surface area (Å²) in [6.07, 6.45) is 0.207. The Labute approximate surface area is 135 Å². The number of nitrogens with one attached hydrogen (secondary N) is 1. The first-order chi connectivity index (χ1) is 11.1. The van der Waals surface area contributed by atoms with Gasteiger partial charge in [0.1, 0.15) is 5.75 Å². The first-order valence-corrected chi connectivity index (χ1v) is 7.17. The zero-order valence-electron chi connectivity index (χ0n) is 13.3. The van der Waals surface area contributed by atoms with Gasteiger partial charge < -0.3 is 19.5 Å². The normalized spacial score (nSPS) is 9.78. The number of esters is 1. The predicted octanol–water partition coefficient (Wildman–Crippen LogP) is 1.42. The molecule has 1 amide bonds. The highest BCUT2D eigenvalue weighted by Crippen LogP contribution is 2.21. The molecule has 0 saturated heterocycles. The summed E-state index contributed by atoms with van der Waals surface area (Å²) in [5.74, 6) is -0.443. The first-order valence-electron chi connectivity index (χ1n) is 7.17. The van der Waals surface area contributed by atoms with E-state index in [9.17, 15) is 9.59 Å². The second-order valence-corrected chi connectivity index (χ2v) is 4.50. The van der Waals surface area contributed by atoms with E-state index in [1.54, 1.807) is 18.2 Å². The van der Waals surface area contributed by atoms with Gasteiger partial charge in [-0.3, -0.25) is 4.79 Å². The summed E-state index contributed by atoms with van der Waals surface area (Å²) in [6, 6.07) is 6.73. The summed E-state index contributed by atoms with van der Waals surface area (Å²) in [6.45, 7) is 2.57. The molecule has 124 valence electrons. The molecule has 0 radical (unpaired) electrons. The van der Waals surface area contributed by atoms with Crippen molar-refractivity contribution in [1.29, 1.82) is 5.26 Å². The average molecular weight is 320 g/mol. The number of ether oxygens (including phenoxy) is 3. The SMILES string of the molecule is CCOCc1cc(C(=O)OCC(=O)NCCC#N)ccc1OC.